The molecule has 0 aromatic rings. The first kappa shape index (κ1) is 19.2. The van der Waals surface area contributed by atoms with Crippen LogP contribution in [0.5, 0.6) is 0 Å². The van der Waals surface area contributed by atoms with Crippen LogP contribution in [0.3, 0.4) is 0 Å². The van der Waals surface area contributed by atoms with Gasteiger partial charge in [-0.05, 0) is 6.92 Å². The van der Waals surface area contributed by atoms with Crippen molar-refractivity contribution in [2.75, 3.05) is 12.8 Å². The fourth-order valence-electron chi connectivity index (χ4n) is 0.418. The Hall–Kier alpha value is 1.62. The molecule has 62 valence electrons. The zero-order valence-corrected chi connectivity index (χ0v) is 12.4. The molecule has 0 saturated carbocycles. The fraction of sp³-hybridized carbons (Fsp3) is 0.750. The van der Waals surface area contributed by atoms with E-state index < -0.39 is 19.7 Å². The van der Waals surface area contributed by atoms with Gasteiger partial charge in [0.1, 0.15) is 6.16 Å². The van der Waals surface area contributed by atoms with Gasteiger partial charge >= 0.3 is 13.6 Å². The predicted octanol–water partition coefficient (Wildman–Crippen LogP) is -0.469. The summed E-state index contributed by atoms with van der Waals surface area (Å²) in [7, 11) is -3.85. The van der Waals surface area contributed by atoms with Crippen LogP contribution in [0.4, 0.5) is 0 Å². The van der Waals surface area contributed by atoms with Crippen molar-refractivity contribution >= 4 is 72.7 Å². The Balaban J connectivity index is -0.000000405. The second kappa shape index (κ2) is 9.19. The van der Waals surface area contributed by atoms with E-state index in [-0.39, 0.29) is 65.7 Å². The van der Waals surface area contributed by atoms with E-state index in [4.69, 9.17) is 10.00 Å². The number of carboxylic acid groups (broad SMARTS) is 1. The molecule has 1 atom stereocenters. The van der Waals surface area contributed by atoms with Crippen molar-refractivity contribution in [2.45, 2.75) is 6.92 Å². The minimum Gasteiger partial charge on any atom is -0.481 e. The van der Waals surface area contributed by atoms with Crippen molar-refractivity contribution in [2.24, 2.45) is 0 Å². The molecule has 0 rings (SSSR count). The molecule has 0 bridgehead atoms. The molecule has 5 nitrogen and oxygen atoms in total. The maximum absolute atomic E-state index is 10.6. The average Bonchev–Trinajstić information content (AvgIpc) is 1.59. The summed E-state index contributed by atoms with van der Waals surface area (Å²) in [4.78, 5) is 18.5. The molecule has 0 aromatic carbocycles. The summed E-state index contributed by atoms with van der Waals surface area (Å²) in [6, 6.07) is 0. The molecule has 0 saturated heterocycles. The van der Waals surface area contributed by atoms with Gasteiger partial charge in [0.05, 0.1) is 6.61 Å². The van der Waals surface area contributed by atoms with Crippen molar-refractivity contribution in [1.82, 2.24) is 0 Å². The standard InChI is InChI=1S/C4H9O5P.2Na/c1-2-9-10(7,8)3-4(5)6;;/h2-3H2,1H3,(H,5,6)(H,7,8);;. The second-order valence-corrected chi connectivity index (χ2v) is 3.46. The van der Waals surface area contributed by atoms with E-state index in [0.717, 1.165) is 0 Å². The molecule has 2 N–H and O–H groups in total. The van der Waals surface area contributed by atoms with Crippen LogP contribution in [-0.4, -0.2) is 87.9 Å². The van der Waals surface area contributed by atoms with Gasteiger partial charge in [-0.15, -0.1) is 0 Å². The van der Waals surface area contributed by atoms with Crippen LogP contribution in [0, 0.1) is 0 Å². The number of rotatable bonds is 4. The van der Waals surface area contributed by atoms with Crippen LogP contribution in [0.2, 0.25) is 0 Å². The molecular weight excluding hydrogens is 205 g/mol. The van der Waals surface area contributed by atoms with E-state index in [1.165, 1.54) is 6.92 Å². The summed E-state index contributed by atoms with van der Waals surface area (Å²) < 4.78 is 14.8. The van der Waals surface area contributed by atoms with E-state index in [2.05, 4.69) is 4.52 Å². The summed E-state index contributed by atoms with van der Waals surface area (Å²) in [6.45, 7) is 1.56. The zero-order valence-electron chi connectivity index (χ0n) is 7.48. The topological polar surface area (TPSA) is 83.8 Å². The van der Waals surface area contributed by atoms with Crippen LogP contribution in [0.25, 0.3) is 0 Å². The summed E-state index contributed by atoms with van der Waals surface area (Å²) in [6.07, 6.45) is -0.833. The minimum atomic E-state index is -3.85. The average molecular weight is 214 g/mol. The first-order valence-electron chi connectivity index (χ1n) is 2.66. The van der Waals surface area contributed by atoms with Gasteiger partial charge in [0.15, 0.2) is 0 Å². The van der Waals surface area contributed by atoms with Gasteiger partial charge in [0.2, 0.25) is 0 Å². The smallest absolute Gasteiger partial charge is 0.339 e. The molecule has 8 heteroatoms. The number of carboxylic acids is 1. The quantitative estimate of drug-likeness (QED) is 0.488. The van der Waals surface area contributed by atoms with Crippen LogP contribution in [0.1, 0.15) is 6.92 Å². The number of hydrogen-bond donors (Lipinski definition) is 2. The molecular formula is C4H9Na2O5P. The van der Waals surface area contributed by atoms with Crippen molar-refractivity contribution < 1.29 is 23.9 Å². The molecule has 0 fully saturated rings. The third-order valence-corrected chi connectivity index (χ3v) is 2.00. The zero-order chi connectivity index (χ0) is 8.20. The third kappa shape index (κ3) is 11.6. The fourth-order valence-corrected chi connectivity index (χ4v) is 1.25. The summed E-state index contributed by atoms with van der Waals surface area (Å²) >= 11 is 0. The first-order chi connectivity index (χ1) is 4.48. The maximum Gasteiger partial charge on any atom is 0.339 e. The molecule has 0 amide bonds. The van der Waals surface area contributed by atoms with Crippen LogP contribution >= 0.6 is 7.60 Å². The van der Waals surface area contributed by atoms with Crippen molar-refractivity contribution in [3.8, 4) is 0 Å². The number of carbonyl (C=O) groups is 1. The van der Waals surface area contributed by atoms with Crippen molar-refractivity contribution in [3.05, 3.63) is 0 Å². The van der Waals surface area contributed by atoms with Gasteiger partial charge < -0.3 is 14.5 Å². The van der Waals surface area contributed by atoms with Crippen molar-refractivity contribution in [1.29, 1.82) is 0 Å². The maximum atomic E-state index is 10.6. The summed E-state index contributed by atoms with van der Waals surface area (Å²) in [5.74, 6) is -1.33. The Kier molecular flexibility index (Phi) is 14.7. The summed E-state index contributed by atoms with van der Waals surface area (Å²) in [5.41, 5.74) is 0. The third-order valence-electron chi connectivity index (χ3n) is 0.666. The Morgan fingerprint density at radius 1 is 1.50 bits per heavy atom. The Morgan fingerprint density at radius 2 is 1.92 bits per heavy atom. The van der Waals surface area contributed by atoms with Crippen LogP contribution in [-0.2, 0) is 13.9 Å². The molecule has 12 heavy (non-hydrogen) atoms. The molecule has 0 aliphatic heterocycles. The van der Waals surface area contributed by atoms with E-state index in [9.17, 15) is 9.36 Å². The minimum absolute atomic E-state index is 0. The SMILES string of the molecule is CCOP(=O)(O)CC(=O)O.[Na].[Na]. The Labute approximate surface area is 115 Å². The van der Waals surface area contributed by atoms with Gasteiger partial charge in [-0.25, -0.2) is 0 Å². The Morgan fingerprint density at radius 3 is 2.17 bits per heavy atom. The molecule has 0 spiro atoms. The van der Waals surface area contributed by atoms with Gasteiger partial charge in [-0.3, -0.25) is 9.36 Å². The van der Waals surface area contributed by atoms with Crippen molar-refractivity contribution in [3.63, 3.8) is 0 Å². The molecule has 0 aliphatic carbocycles. The first-order valence-corrected chi connectivity index (χ1v) is 4.42. The normalized spacial score (nSPS) is 13.5. The summed E-state index contributed by atoms with van der Waals surface area (Å²) in [5, 5.41) is 8.06. The molecule has 0 aromatic heterocycles. The predicted molar refractivity (Wildman–Crippen MR) is 45.5 cm³/mol. The van der Waals surface area contributed by atoms with E-state index in [0.29, 0.717) is 0 Å². The number of hydrogen-bond acceptors (Lipinski definition) is 3. The second-order valence-electron chi connectivity index (χ2n) is 1.61. The molecule has 0 heterocycles. The monoisotopic (exact) mass is 214 g/mol. The van der Waals surface area contributed by atoms with Crippen LogP contribution in [0.15, 0.2) is 0 Å². The molecule has 2 radical (unpaired) electrons. The Bertz CT molecular complexity index is 173. The molecule has 0 aliphatic rings. The van der Waals surface area contributed by atoms with Gasteiger partial charge in [0.25, 0.3) is 0 Å². The van der Waals surface area contributed by atoms with Gasteiger partial charge in [-0.2, -0.15) is 0 Å². The van der Waals surface area contributed by atoms with E-state index >= 15 is 0 Å². The number of aliphatic carboxylic acids is 1. The largest absolute Gasteiger partial charge is 0.481 e. The van der Waals surface area contributed by atoms with Gasteiger partial charge in [-0.1, -0.05) is 0 Å². The van der Waals surface area contributed by atoms with E-state index in [1.807, 2.05) is 0 Å². The van der Waals surface area contributed by atoms with E-state index in [1.54, 1.807) is 0 Å². The van der Waals surface area contributed by atoms with Crippen LogP contribution < -0.4 is 0 Å². The van der Waals surface area contributed by atoms with Gasteiger partial charge in [0, 0.05) is 59.1 Å². The molecule has 1 unspecified atom stereocenters.